The number of carbonyl (C=O) groups excluding carboxylic acids is 1. The number of carbonyl (C=O) groups is 1. The normalized spacial score (nSPS) is 10.2. The molecule has 0 fully saturated rings. The number of nitrogens with one attached hydrogen (secondary N) is 1. The van der Waals surface area contributed by atoms with Gasteiger partial charge in [0.05, 0.1) is 0 Å². The van der Waals surface area contributed by atoms with Crippen LogP contribution in [0, 0.1) is 3.57 Å². The molecule has 0 spiro atoms. The lowest BCUT2D eigenvalue weighted by Gasteiger charge is -2.05. The predicted octanol–water partition coefficient (Wildman–Crippen LogP) is 2.84. The molecule has 1 rings (SSSR count). The van der Waals surface area contributed by atoms with Crippen LogP contribution in [0.25, 0.3) is 0 Å². The molecule has 0 heterocycles. The van der Waals surface area contributed by atoms with E-state index in [-0.39, 0.29) is 5.91 Å². The van der Waals surface area contributed by atoms with Crippen LogP contribution < -0.4 is 5.32 Å². The molecule has 0 aromatic heterocycles. The highest BCUT2D eigenvalue weighted by Crippen LogP contribution is 2.06. The lowest BCUT2D eigenvalue weighted by Crippen LogP contribution is -2.25. The summed E-state index contributed by atoms with van der Waals surface area (Å²) in [6, 6.07) is 7.54. The van der Waals surface area contributed by atoms with Crippen molar-refractivity contribution >= 4 is 28.5 Å². The molecule has 1 aromatic carbocycles. The van der Waals surface area contributed by atoms with Gasteiger partial charge in [-0.15, -0.1) is 0 Å². The highest BCUT2D eigenvalue weighted by Gasteiger charge is 2.03. The van der Waals surface area contributed by atoms with Crippen molar-refractivity contribution in [3.8, 4) is 0 Å². The van der Waals surface area contributed by atoms with Gasteiger partial charge in [-0.25, -0.2) is 0 Å². The summed E-state index contributed by atoms with van der Waals surface area (Å²) in [5.74, 6) is -0.0168. The Bertz CT molecular complexity index is 338. The molecule has 0 aliphatic heterocycles. The lowest BCUT2D eigenvalue weighted by molar-refractivity contribution is 0.0941. The number of rotatable bonds is 7. The summed E-state index contributed by atoms with van der Waals surface area (Å²) in [6.07, 6.45) is 1.89. The third-order valence-electron chi connectivity index (χ3n) is 2.21. The molecule has 94 valence electrons. The van der Waals surface area contributed by atoms with Crippen LogP contribution >= 0.6 is 22.6 Å². The van der Waals surface area contributed by atoms with E-state index in [1.807, 2.05) is 24.3 Å². The van der Waals surface area contributed by atoms with E-state index < -0.39 is 0 Å². The number of hydrogen-bond donors (Lipinski definition) is 1. The first-order valence-electron chi connectivity index (χ1n) is 5.85. The SMILES string of the molecule is CCCOCCCNC(=O)c1ccc(I)cc1. The molecule has 1 aromatic rings. The first kappa shape index (κ1) is 14.4. The molecule has 17 heavy (non-hydrogen) atoms. The van der Waals surface area contributed by atoms with Crippen LogP contribution in [0.5, 0.6) is 0 Å². The van der Waals surface area contributed by atoms with Gasteiger partial charge in [0.15, 0.2) is 0 Å². The Morgan fingerprint density at radius 3 is 2.65 bits per heavy atom. The molecule has 0 aliphatic carbocycles. The summed E-state index contributed by atoms with van der Waals surface area (Å²) in [5, 5.41) is 2.87. The topological polar surface area (TPSA) is 38.3 Å². The zero-order valence-corrected chi connectivity index (χ0v) is 12.2. The largest absolute Gasteiger partial charge is 0.381 e. The second-order valence-corrected chi connectivity index (χ2v) is 4.97. The number of halogens is 1. The van der Waals surface area contributed by atoms with E-state index in [4.69, 9.17) is 4.74 Å². The highest BCUT2D eigenvalue weighted by molar-refractivity contribution is 14.1. The van der Waals surface area contributed by atoms with Gasteiger partial charge in [0.25, 0.3) is 5.91 Å². The van der Waals surface area contributed by atoms with Crippen LogP contribution in [-0.2, 0) is 4.74 Å². The van der Waals surface area contributed by atoms with Crippen LogP contribution in [0.15, 0.2) is 24.3 Å². The van der Waals surface area contributed by atoms with Gasteiger partial charge in [0.1, 0.15) is 0 Å². The van der Waals surface area contributed by atoms with Crippen molar-refractivity contribution in [1.82, 2.24) is 5.32 Å². The van der Waals surface area contributed by atoms with Crippen molar-refractivity contribution in [1.29, 1.82) is 0 Å². The van der Waals surface area contributed by atoms with Crippen molar-refractivity contribution in [2.24, 2.45) is 0 Å². The van der Waals surface area contributed by atoms with Gasteiger partial charge in [-0.3, -0.25) is 4.79 Å². The third-order valence-corrected chi connectivity index (χ3v) is 2.93. The fourth-order valence-corrected chi connectivity index (χ4v) is 1.69. The standard InChI is InChI=1S/C13H18INO2/c1-2-9-17-10-3-8-15-13(16)11-4-6-12(14)7-5-11/h4-7H,2-3,8-10H2,1H3,(H,15,16). The molecule has 0 radical (unpaired) electrons. The summed E-state index contributed by atoms with van der Waals surface area (Å²) in [5.41, 5.74) is 0.708. The molecule has 0 saturated heterocycles. The first-order valence-corrected chi connectivity index (χ1v) is 6.93. The molecule has 0 aliphatic rings. The summed E-state index contributed by atoms with van der Waals surface area (Å²) >= 11 is 2.22. The van der Waals surface area contributed by atoms with Gasteiger partial charge < -0.3 is 10.1 Å². The summed E-state index contributed by atoms with van der Waals surface area (Å²) in [4.78, 5) is 11.7. The quantitative estimate of drug-likeness (QED) is 0.609. The number of amides is 1. The molecule has 1 amide bonds. The Balaban J connectivity index is 2.19. The minimum absolute atomic E-state index is 0.0168. The summed E-state index contributed by atoms with van der Waals surface area (Å²) in [6.45, 7) is 4.25. The maximum atomic E-state index is 11.7. The molecular formula is C13H18INO2. The molecular weight excluding hydrogens is 329 g/mol. The van der Waals surface area contributed by atoms with E-state index in [1.165, 1.54) is 0 Å². The van der Waals surface area contributed by atoms with Crippen LogP contribution in [0.1, 0.15) is 30.1 Å². The van der Waals surface area contributed by atoms with Gasteiger partial charge in [-0.05, 0) is 59.7 Å². The predicted molar refractivity (Wildman–Crippen MR) is 77.2 cm³/mol. The second-order valence-electron chi connectivity index (χ2n) is 3.73. The Morgan fingerprint density at radius 1 is 1.29 bits per heavy atom. The number of hydrogen-bond acceptors (Lipinski definition) is 2. The minimum Gasteiger partial charge on any atom is -0.381 e. The van der Waals surface area contributed by atoms with E-state index in [0.29, 0.717) is 18.7 Å². The van der Waals surface area contributed by atoms with Crippen LogP contribution in [0.3, 0.4) is 0 Å². The lowest BCUT2D eigenvalue weighted by atomic mass is 10.2. The molecule has 0 saturated carbocycles. The maximum absolute atomic E-state index is 11.7. The zero-order chi connectivity index (χ0) is 12.5. The average Bonchev–Trinajstić information content (AvgIpc) is 2.34. The smallest absolute Gasteiger partial charge is 0.251 e. The molecule has 0 atom stereocenters. The van der Waals surface area contributed by atoms with Gasteiger partial charge in [-0.2, -0.15) is 0 Å². The van der Waals surface area contributed by atoms with Gasteiger partial charge >= 0.3 is 0 Å². The van der Waals surface area contributed by atoms with Crippen LogP contribution in [-0.4, -0.2) is 25.7 Å². The van der Waals surface area contributed by atoms with Crippen molar-refractivity contribution < 1.29 is 9.53 Å². The fourth-order valence-electron chi connectivity index (χ4n) is 1.33. The number of benzene rings is 1. The summed E-state index contributed by atoms with van der Waals surface area (Å²) < 4.78 is 6.47. The molecule has 0 unspecified atom stereocenters. The van der Waals surface area contributed by atoms with E-state index in [2.05, 4.69) is 34.8 Å². The van der Waals surface area contributed by atoms with E-state index >= 15 is 0 Å². The maximum Gasteiger partial charge on any atom is 0.251 e. The zero-order valence-electron chi connectivity index (χ0n) is 10.0. The first-order chi connectivity index (χ1) is 8.24. The van der Waals surface area contributed by atoms with Gasteiger partial charge in [0.2, 0.25) is 0 Å². The van der Waals surface area contributed by atoms with Crippen molar-refractivity contribution in [3.63, 3.8) is 0 Å². The third kappa shape index (κ3) is 6.02. The Kier molecular flexibility index (Phi) is 7.19. The fraction of sp³-hybridized carbons (Fsp3) is 0.462. The minimum atomic E-state index is -0.0168. The molecule has 3 nitrogen and oxygen atoms in total. The second kappa shape index (κ2) is 8.47. The van der Waals surface area contributed by atoms with Crippen molar-refractivity contribution in [2.45, 2.75) is 19.8 Å². The van der Waals surface area contributed by atoms with Crippen LogP contribution in [0.4, 0.5) is 0 Å². The molecule has 1 N–H and O–H groups in total. The van der Waals surface area contributed by atoms with Crippen LogP contribution in [0.2, 0.25) is 0 Å². The van der Waals surface area contributed by atoms with Crippen molar-refractivity contribution in [2.75, 3.05) is 19.8 Å². The molecule has 0 bridgehead atoms. The van der Waals surface area contributed by atoms with Crippen molar-refractivity contribution in [3.05, 3.63) is 33.4 Å². The monoisotopic (exact) mass is 347 g/mol. The molecule has 4 heteroatoms. The highest BCUT2D eigenvalue weighted by atomic mass is 127. The van der Waals surface area contributed by atoms with Gasteiger partial charge in [-0.1, -0.05) is 6.92 Å². The van der Waals surface area contributed by atoms with E-state index in [9.17, 15) is 4.79 Å². The average molecular weight is 347 g/mol. The van der Waals surface area contributed by atoms with Gasteiger partial charge in [0, 0.05) is 28.9 Å². The summed E-state index contributed by atoms with van der Waals surface area (Å²) in [7, 11) is 0. The number of ether oxygens (including phenoxy) is 1. The Morgan fingerprint density at radius 2 is 2.00 bits per heavy atom. The van der Waals surface area contributed by atoms with E-state index in [0.717, 1.165) is 23.0 Å². The Labute approximate surface area is 116 Å². The van der Waals surface area contributed by atoms with E-state index in [1.54, 1.807) is 0 Å². The Hall–Kier alpha value is -0.620.